The molecule has 0 atom stereocenters. The number of hydrogen-bond acceptors (Lipinski definition) is 10. The Labute approximate surface area is 360 Å². The van der Waals surface area contributed by atoms with Crippen molar-refractivity contribution in [3.63, 3.8) is 0 Å². The molecule has 6 aromatic rings. The number of thiazole rings is 2. The lowest BCUT2D eigenvalue weighted by Gasteiger charge is -2.33. The van der Waals surface area contributed by atoms with Crippen molar-refractivity contribution < 1.29 is 16.8 Å². The summed E-state index contributed by atoms with van der Waals surface area (Å²) in [7, 11) is -7.26. The molecule has 2 fully saturated rings. The summed E-state index contributed by atoms with van der Waals surface area (Å²) in [6.07, 6.45) is 0. The van der Waals surface area contributed by atoms with Gasteiger partial charge >= 0.3 is 0 Å². The zero-order chi connectivity index (χ0) is 40.3. The maximum absolute atomic E-state index is 12.9. The molecule has 0 aliphatic carbocycles. The number of halogens is 4. The number of aromatic nitrogens is 2. The summed E-state index contributed by atoms with van der Waals surface area (Å²) in [5.41, 5.74) is 5.26. The summed E-state index contributed by atoms with van der Waals surface area (Å²) >= 11 is 27.0. The summed E-state index contributed by atoms with van der Waals surface area (Å²) in [6, 6.07) is 26.9. The van der Waals surface area contributed by atoms with Crippen molar-refractivity contribution in [1.82, 2.24) is 18.6 Å². The van der Waals surface area contributed by atoms with Gasteiger partial charge in [-0.2, -0.15) is 8.61 Å². The van der Waals surface area contributed by atoms with Gasteiger partial charge in [-0.25, -0.2) is 26.8 Å². The quantitative estimate of drug-likeness (QED) is 0.149. The van der Waals surface area contributed by atoms with Gasteiger partial charge in [0.1, 0.15) is 0 Å². The normalized spacial score (nSPS) is 15.7. The fourth-order valence-electron chi connectivity index (χ4n) is 6.44. The molecule has 57 heavy (non-hydrogen) atoms. The van der Waals surface area contributed by atoms with Gasteiger partial charge in [0.2, 0.25) is 20.0 Å². The lowest BCUT2D eigenvalue weighted by Crippen LogP contribution is -2.48. The topological polar surface area (TPSA) is 107 Å². The average molecular weight is 923 g/mol. The van der Waals surface area contributed by atoms with Gasteiger partial charge in [0, 0.05) is 94.3 Å². The standard InChI is InChI=1S/C20H19Cl2N3O2S2.C19H17Cl2N3O2S2/c1-14-4-2-3-5-18(14)19-13-28-20(23-19)24-6-8-25(9-7-24)29(26,27)17-11-15(21)10-16(22)12-17;20-15-10-16(21)12-17(11-15)28(25,26)24-8-6-23(7-9-24)19-22-18(13-27-19)14-4-2-1-3-5-14/h2-5,10-13H,6-9H2,1H3;1-5,10-13H,6-9H2. The van der Waals surface area contributed by atoms with Crippen molar-refractivity contribution in [1.29, 1.82) is 0 Å². The molecule has 2 aliphatic heterocycles. The minimum atomic E-state index is -3.64. The summed E-state index contributed by atoms with van der Waals surface area (Å²) in [6.45, 7) is 5.91. The Morgan fingerprint density at radius 1 is 0.526 bits per heavy atom. The predicted octanol–water partition coefficient (Wildman–Crippen LogP) is 9.56. The third-order valence-electron chi connectivity index (χ3n) is 9.44. The van der Waals surface area contributed by atoms with Crippen LogP contribution in [0.2, 0.25) is 20.1 Å². The van der Waals surface area contributed by atoms with Crippen molar-refractivity contribution in [2.45, 2.75) is 16.7 Å². The number of anilines is 2. The van der Waals surface area contributed by atoms with Crippen molar-refractivity contribution in [2.75, 3.05) is 62.2 Å². The first-order valence-electron chi connectivity index (χ1n) is 17.7. The maximum atomic E-state index is 12.9. The third-order valence-corrected chi connectivity index (χ3v) is 15.9. The molecule has 2 saturated heterocycles. The highest BCUT2D eigenvalue weighted by Crippen LogP contribution is 2.33. The second-order valence-electron chi connectivity index (χ2n) is 13.2. The van der Waals surface area contributed by atoms with Gasteiger partial charge in [-0.05, 0) is 48.9 Å². The van der Waals surface area contributed by atoms with E-state index in [0.717, 1.165) is 32.8 Å². The van der Waals surface area contributed by atoms with Crippen molar-refractivity contribution in [3.05, 3.63) is 127 Å². The van der Waals surface area contributed by atoms with Crippen LogP contribution in [0.1, 0.15) is 5.56 Å². The first-order valence-corrected chi connectivity index (χ1v) is 23.9. The molecule has 0 N–H and O–H groups in total. The van der Waals surface area contributed by atoms with Crippen molar-refractivity contribution >= 4 is 99.4 Å². The molecule has 2 aliphatic rings. The zero-order valence-corrected chi connectivity index (χ0v) is 36.7. The van der Waals surface area contributed by atoms with E-state index < -0.39 is 20.0 Å². The lowest BCUT2D eigenvalue weighted by molar-refractivity contribution is 0.384. The molecule has 0 unspecified atom stereocenters. The van der Waals surface area contributed by atoms with Crippen LogP contribution in [-0.4, -0.2) is 87.8 Å². The molecule has 0 spiro atoms. The van der Waals surface area contributed by atoms with Gasteiger partial charge in [-0.3, -0.25) is 0 Å². The molecule has 2 aromatic heterocycles. The van der Waals surface area contributed by atoms with E-state index in [-0.39, 0.29) is 9.79 Å². The van der Waals surface area contributed by atoms with Crippen LogP contribution in [-0.2, 0) is 20.0 Å². The highest BCUT2D eigenvalue weighted by Gasteiger charge is 2.31. The number of aryl methyl sites for hydroxylation is 1. The minimum absolute atomic E-state index is 0.124. The Kier molecular flexibility index (Phi) is 13.2. The molecule has 8 rings (SSSR count). The molecule has 10 nitrogen and oxygen atoms in total. The fourth-order valence-corrected chi connectivity index (χ4v) is 12.5. The molecule has 4 aromatic carbocycles. The highest BCUT2D eigenvalue weighted by atomic mass is 35.5. The maximum Gasteiger partial charge on any atom is 0.243 e. The third kappa shape index (κ3) is 9.79. The largest absolute Gasteiger partial charge is 0.345 e. The van der Waals surface area contributed by atoms with Gasteiger partial charge < -0.3 is 9.80 Å². The van der Waals surface area contributed by atoms with Crippen LogP contribution in [0.15, 0.2) is 112 Å². The lowest BCUT2D eigenvalue weighted by atomic mass is 10.1. The Hall–Kier alpha value is -3.28. The first kappa shape index (κ1) is 41.9. The zero-order valence-electron chi connectivity index (χ0n) is 30.4. The second kappa shape index (κ2) is 17.9. The summed E-state index contributed by atoms with van der Waals surface area (Å²) in [5, 5.41) is 7.12. The number of rotatable bonds is 8. The summed E-state index contributed by atoms with van der Waals surface area (Å²) in [5.74, 6) is 0. The van der Waals surface area contributed by atoms with Gasteiger partial charge in [-0.1, -0.05) is 101 Å². The number of piperazine rings is 2. The van der Waals surface area contributed by atoms with E-state index >= 15 is 0 Å². The van der Waals surface area contributed by atoms with E-state index in [1.807, 2.05) is 47.8 Å². The van der Waals surface area contributed by atoms with Crippen LogP contribution in [0.4, 0.5) is 10.3 Å². The predicted molar refractivity (Wildman–Crippen MR) is 235 cm³/mol. The highest BCUT2D eigenvalue weighted by molar-refractivity contribution is 7.89. The van der Waals surface area contributed by atoms with Crippen LogP contribution in [0.25, 0.3) is 22.5 Å². The number of benzene rings is 4. The number of sulfonamides is 2. The van der Waals surface area contributed by atoms with Crippen LogP contribution in [0.3, 0.4) is 0 Å². The van der Waals surface area contributed by atoms with E-state index in [9.17, 15) is 16.8 Å². The SMILES string of the molecule is Cc1ccccc1-c1csc(N2CCN(S(=O)(=O)c3cc(Cl)cc(Cl)c3)CC2)n1.O=S(=O)(c1cc(Cl)cc(Cl)c1)N1CCN(c2nc(-c3ccccc3)cs2)CC1. The summed E-state index contributed by atoms with van der Waals surface area (Å²) in [4.78, 5) is 14.0. The fraction of sp³-hybridized carbons (Fsp3) is 0.231. The second-order valence-corrected chi connectivity index (χ2v) is 20.5. The van der Waals surface area contributed by atoms with Crippen molar-refractivity contribution in [3.8, 4) is 22.5 Å². The van der Waals surface area contributed by atoms with Gasteiger partial charge in [0.25, 0.3) is 0 Å². The van der Waals surface area contributed by atoms with E-state index in [2.05, 4.69) is 34.2 Å². The smallest absolute Gasteiger partial charge is 0.243 e. The van der Waals surface area contributed by atoms with Crippen LogP contribution < -0.4 is 9.80 Å². The minimum Gasteiger partial charge on any atom is -0.345 e. The molecule has 4 heterocycles. The van der Waals surface area contributed by atoms with E-state index in [4.69, 9.17) is 56.4 Å². The Morgan fingerprint density at radius 3 is 1.39 bits per heavy atom. The molecule has 0 amide bonds. The summed E-state index contributed by atoms with van der Waals surface area (Å²) < 4.78 is 54.6. The molecule has 0 bridgehead atoms. The van der Waals surface area contributed by atoms with E-state index in [1.54, 1.807) is 22.7 Å². The van der Waals surface area contributed by atoms with Gasteiger partial charge in [0.05, 0.1) is 21.2 Å². The van der Waals surface area contributed by atoms with Crippen LogP contribution >= 0.6 is 69.1 Å². The molecule has 18 heteroatoms. The van der Waals surface area contributed by atoms with Gasteiger partial charge in [0.15, 0.2) is 10.3 Å². The number of hydrogen-bond donors (Lipinski definition) is 0. The molecule has 0 radical (unpaired) electrons. The average Bonchev–Trinajstić information content (AvgIpc) is 3.90. The van der Waals surface area contributed by atoms with Gasteiger partial charge in [-0.15, -0.1) is 22.7 Å². The Bertz CT molecular complexity index is 2540. The Morgan fingerprint density at radius 2 is 0.930 bits per heavy atom. The first-order chi connectivity index (χ1) is 27.3. The molecule has 298 valence electrons. The molecule has 0 saturated carbocycles. The van der Waals surface area contributed by atoms with E-state index in [0.29, 0.717) is 72.4 Å². The Balaban J connectivity index is 0.000000174. The van der Waals surface area contributed by atoms with E-state index in [1.165, 1.54) is 50.6 Å². The van der Waals surface area contributed by atoms with Crippen LogP contribution in [0, 0.1) is 6.92 Å². The molecular formula is C39H36Cl4N6O4S4. The molecular weight excluding hydrogens is 887 g/mol. The monoisotopic (exact) mass is 920 g/mol. The van der Waals surface area contributed by atoms with Crippen molar-refractivity contribution in [2.24, 2.45) is 0 Å². The number of nitrogens with zero attached hydrogens (tertiary/aromatic N) is 6. The van der Waals surface area contributed by atoms with Crippen LogP contribution in [0.5, 0.6) is 0 Å².